The molecule has 1 aliphatic rings. The summed E-state index contributed by atoms with van der Waals surface area (Å²) in [5.41, 5.74) is 7.70. The van der Waals surface area contributed by atoms with Gasteiger partial charge in [-0.3, -0.25) is 4.90 Å². The van der Waals surface area contributed by atoms with E-state index in [1.807, 2.05) is 36.4 Å². The molecule has 2 N–H and O–H groups in total. The molecule has 4 aromatic rings. The Balaban J connectivity index is 1.26. The van der Waals surface area contributed by atoms with Crippen LogP contribution in [0.25, 0.3) is 10.2 Å². The summed E-state index contributed by atoms with van der Waals surface area (Å²) in [6.45, 7) is 5.60. The molecule has 7 nitrogen and oxygen atoms in total. The lowest BCUT2D eigenvalue weighted by Crippen LogP contribution is -2.47. The highest BCUT2D eigenvalue weighted by Gasteiger charge is 2.23. The Bertz CT molecular complexity index is 1220. The summed E-state index contributed by atoms with van der Waals surface area (Å²) in [6.07, 6.45) is 1.52. The zero-order valence-corrected chi connectivity index (χ0v) is 18.4. The topological polar surface area (TPSA) is 80.4 Å². The normalized spacial score (nSPS) is 15.8. The molecule has 32 heavy (non-hydrogen) atoms. The van der Waals surface area contributed by atoms with Crippen LogP contribution in [0.3, 0.4) is 0 Å². The molecule has 1 atom stereocenters. The summed E-state index contributed by atoms with van der Waals surface area (Å²) in [7, 11) is 0. The van der Waals surface area contributed by atoms with Crippen molar-refractivity contribution in [2.45, 2.75) is 13.0 Å². The van der Waals surface area contributed by atoms with E-state index < -0.39 is 0 Å². The molecule has 2 aromatic carbocycles. The Hall–Kier alpha value is -3.30. The fraction of sp³-hybridized carbons (Fsp3) is 0.261. The van der Waals surface area contributed by atoms with Gasteiger partial charge in [0.05, 0.1) is 4.70 Å². The lowest BCUT2D eigenvalue weighted by molar-refractivity contribution is 0.198. The van der Waals surface area contributed by atoms with Crippen molar-refractivity contribution in [1.82, 2.24) is 19.9 Å². The number of fused-ring (bicyclic) bond motifs is 1. The second kappa shape index (κ2) is 8.68. The van der Waals surface area contributed by atoms with E-state index in [1.54, 1.807) is 0 Å². The van der Waals surface area contributed by atoms with Gasteiger partial charge in [-0.05, 0) is 36.8 Å². The third-order valence-corrected chi connectivity index (χ3v) is 6.63. The number of ether oxygens (including phenoxy) is 1. The van der Waals surface area contributed by atoms with Gasteiger partial charge in [0.25, 0.3) is 0 Å². The molecular formula is C23H23FN6OS. The first-order chi connectivity index (χ1) is 15.6. The minimum absolute atomic E-state index is 0.206. The van der Waals surface area contributed by atoms with E-state index in [2.05, 4.69) is 31.7 Å². The fourth-order valence-electron chi connectivity index (χ4n) is 3.98. The molecule has 2 aromatic heterocycles. The van der Waals surface area contributed by atoms with Gasteiger partial charge >= 0.3 is 0 Å². The molecule has 0 spiro atoms. The van der Waals surface area contributed by atoms with E-state index in [-0.39, 0.29) is 11.9 Å². The summed E-state index contributed by atoms with van der Waals surface area (Å²) in [4.78, 5) is 17.7. The minimum Gasteiger partial charge on any atom is -0.437 e. The molecule has 1 saturated heterocycles. The number of para-hydroxylation sites is 1. The Morgan fingerprint density at radius 3 is 2.62 bits per heavy atom. The molecule has 1 aliphatic heterocycles. The number of piperazine rings is 1. The first-order valence-corrected chi connectivity index (χ1v) is 11.3. The minimum atomic E-state index is -0.206. The van der Waals surface area contributed by atoms with Crippen LogP contribution < -0.4 is 15.4 Å². The number of aromatic nitrogens is 3. The Morgan fingerprint density at radius 1 is 1.06 bits per heavy atom. The Labute approximate surface area is 189 Å². The van der Waals surface area contributed by atoms with Gasteiger partial charge < -0.3 is 15.4 Å². The summed E-state index contributed by atoms with van der Waals surface area (Å²) in [6, 6.07) is 14.6. The summed E-state index contributed by atoms with van der Waals surface area (Å²) in [5.74, 6) is 1.71. The van der Waals surface area contributed by atoms with Crippen LogP contribution in [0.1, 0.15) is 18.5 Å². The molecule has 0 unspecified atom stereocenters. The highest BCUT2D eigenvalue weighted by atomic mass is 32.1. The molecule has 0 saturated carbocycles. The van der Waals surface area contributed by atoms with Gasteiger partial charge in [-0.1, -0.05) is 29.5 Å². The number of nitrogens with two attached hydrogens (primary N) is 1. The molecule has 0 amide bonds. The third-order valence-electron chi connectivity index (χ3n) is 5.78. The van der Waals surface area contributed by atoms with Crippen molar-refractivity contribution in [2.75, 3.05) is 36.8 Å². The van der Waals surface area contributed by atoms with Crippen molar-refractivity contribution < 1.29 is 9.13 Å². The van der Waals surface area contributed by atoms with Gasteiger partial charge in [0.15, 0.2) is 10.9 Å². The van der Waals surface area contributed by atoms with Crippen LogP contribution in [0.2, 0.25) is 0 Å². The second-order valence-corrected chi connectivity index (χ2v) is 8.78. The summed E-state index contributed by atoms with van der Waals surface area (Å²) in [5, 5.41) is 0.507. The number of nitrogens with zero attached hydrogens (tertiary/aromatic N) is 5. The van der Waals surface area contributed by atoms with Gasteiger partial charge in [-0.2, -0.15) is 0 Å². The van der Waals surface area contributed by atoms with Gasteiger partial charge in [-0.25, -0.2) is 19.3 Å². The van der Waals surface area contributed by atoms with Crippen LogP contribution in [0.15, 0.2) is 54.9 Å². The van der Waals surface area contributed by atoms with Gasteiger partial charge in [0.2, 0.25) is 5.88 Å². The zero-order valence-electron chi connectivity index (χ0n) is 17.6. The van der Waals surface area contributed by atoms with Crippen LogP contribution in [-0.2, 0) is 0 Å². The van der Waals surface area contributed by atoms with Crippen LogP contribution in [0.5, 0.6) is 11.6 Å². The lowest BCUT2D eigenvalue weighted by Gasteiger charge is -2.38. The van der Waals surface area contributed by atoms with E-state index in [4.69, 9.17) is 10.5 Å². The molecule has 3 heterocycles. The summed E-state index contributed by atoms with van der Waals surface area (Å²) < 4.78 is 20.2. The first-order valence-electron chi connectivity index (χ1n) is 10.5. The monoisotopic (exact) mass is 450 g/mol. The molecule has 0 bridgehead atoms. The van der Waals surface area contributed by atoms with E-state index in [0.717, 1.165) is 47.8 Å². The third kappa shape index (κ3) is 4.21. The quantitative estimate of drug-likeness (QED) is 0.480. The highest BCUT2D eigenvalue weighted by Crippen LogP contribution is 2.33. The number of nitrogen functional groups attached to an aromatic ring is 1. The van der Waals surface area contributed by atoms with Crippen LogP contribution in [-0.4, -0.2) is 46.0 Å². The lowest BCUT2D eigenvalue weighted by atomic mass is 10.1. The van der Waals surface area contributed by atoms with Crippen LogP contribution in [0.4, 0.5) is 15.3 Å². The predicted molar refractivity (Wildman–Crippen MR) is 125 cm³/mol. The number of anilines is 2. The number of hydrogen-bond acceptors (Lipinski definition) is 8. The summed E-state index contributed by atoms with van der Waals surface area (Å²) >= 11 is 1.43. The molecule has 164 valence electrons. The second-order valence-electron chi connectivity index (χ2n) is 7.72. The Morgan fingerprint density at radius 2 is 1.84 bits per heavy atom. The van der Waals surface area contributed by atoms with Crippen LogP contribution in [0, 0.1) is 5.82 Å². The Kier molecular flexibility index (Phi) is 5.59. The molecule has 0 aliphatic carbocycles. The number of halogens is 1. The maximum Gasteiger partial charge on any atom is 0.224 e. The van der Waals surface area contributed by atoms with Crippen molar-refractivity contribution >= 4 is 32.5 Å². The van der Waals surface area contributed by atoms with Gasteiger partial charge in [0, 0.05) is 38.3 Å². The average molecular weight is 451 g/mol. The molecule has 5 rings (SSSR count). The maximum absolute atomic E-state index is 13.2. The van der Waals surface area contributed by atoms with E-state index >= 15 is 0 Å². The molecule has 1 fully saturated rings. The zero-order chi connectivity index (χ0) is 22.1. The molecule has 9 heteroatoms. The molecular weight excluding hydrogens is 427 g/mol. The average Bonchev–Trinajstić information content (AvgIpc) is 3.21. The SMILES string of the molecule is C[C@H](c1ccc(F)cc1)N1CCN(c2cc(Oc3cccc4sc(N)nc34)ncn2)CC1. The van der Waals surface area contributed by atoms with E-state index in [0.29, 0.717) is 16.8 Å². The van der Waals surface area contributed by atoms with Crippen molar-refractivity contribution in [3.05, 3.63) is 66.2 Å². The first kappa shape index (κ1) is 20.6. The number of rotatable bonds is 5. The van der Waals surface area contributed by atoms with Crippen molar-refractivity contribution in [1.29, 1.82) is 0 Å². The van der Waals surface area contributed by atoms with Crippen LogP contribution >= 0.6 is 11.3 Å². The molecule has 0 radical (unpaired) electrons. The van der Waals surface area contributed by atoms with Crippen molar-refractivity contribution in [3.8, 4) is 11.6 Å². The van der Waals surface area contributed by atoms with Crippen molar-refractivity contribution in [2.24, 2.45) is 0 Å². The number of benzene rings is 2. The van der Waals surface area contributed by atoms with Gasteiger partial charge in [0.1, 0.15) is 23.5 Å². The number of thiazole rings is 1. The van der Waals surface area contributed by atoms with Crippen molar-refractivity contribution in [3.63, 3.8) is 0 Å². The fourth-order valence-corrected chi connectivity index (χ4v) is 4.74. The van der Waals surface area contributed by atoms with E-state index in [9.17, 15) is 4.39 Å². The smallest absolute Gasteiger partial charge is 0.224 e. The maximum atomic E-state index is 13.2. The van der Waals surface area contributed by atoms with Gasteiger partial charge in [-0.15, -0.1) is 0 Å². The van der Waals surface area contributed by atoms with E-state index in [1.165, 1.54) is 29.8 Å². The highest BCUT2D eigenvalue weighted by molar-refractivity contribution is 7.22. The predicted octanol–water partition coefficient (Wildman–Crippen LogP) is 4.48. The largest absolute Gasteiger partial charge is 0.437 e. The standard InChI is InChI=1S/C23H23FN6OS/c1-15(16-5-7-17(24)8-6-16)29-9-11-30(12-10-29)20-13-21(27-14-26-20)31-18-3-2-4-19-22(18)28-23(25)32-19/h2-8,13-15H,9-12H2,1H3,(H2,25,28)/t15-/m1/s1. The number of hydrogen-bond donors (Lipinski definition) is 1.